The lowest BCUT2D eigenvalue weighted by molar-refractivity contribution is -0.136. The van der Waals surface area contributed by atoms with E-state index in [0.717, 1.165) is 11.3 Å². The first kappa shape index (κ1) is 17.6. The molecule has 0 amide bonds. The molecule has 1 rings (SSSR count). The van der Waals surface area contributed by atoms with Gasteiger partial charge in [0.05, 0.1) is 23.1 Å². The van der Waals surface area contributed by atoms with Crippen LogP contribution in [0.1, 0.15) is 43.8 Å². The zero-order chi connectivity index (χ0) is 16.4. The van der Waals surface area contributed by atoms with E-state index >= 15 is 0 Å². The van der Waals surface area contributed by atoms with E-state index in [1.807, 2.05) is 0 Å². The molecule has 120 valence electrons. The lowest BCUT2D eigenvalue weighted by Gasteiger charge is -2.18. The minimum atomic E-state index is -4.27. The molecule has 0 aliphatic rings. The molecule has 0 bridgehead atoms. The Morgan fingerprint density at radius 3 is 2.38 bits per heavy atom. The number of thiophene rings is 1. The highest BCUT2D eigenvalue weighted by Crippen LogP contribution is 2.44. The van der Waals surface area contributed by atoms with E-state index in [-0.39, 0.29) is 28.2 Å². The summed E-state index contributed by atoms with van der Waals surface area (Å²) in [7, 11) is 0. The number of rotatable bonds is 6. The molecular weight excluding hydrogens is 305 g/mol. The summed E-state index contributed by atoms with van der Waals surface area (Å²) in [4.78, 5) is 11.8. The van der Waals surface area contributed by atoms with E-state index in [0.29, 0.717) is 5.00 Å². The maximum atomic E-state index is 12.4. The van der Waals surface area contributed by atoms with Gasteiger partial charge in [-0.1, -0.05) is 0 Å². The lowest BCUT2D eigenvalue weighted by atomic mass is 10.2. The number of Topliss-reactive ketones (excluding diaryl/α,β-unsaturated/α-hetero) is 1. The van der Waals surface area contributed by atoms with Crippen molar-refractivity contribution in [3.05, 3.63) is 4.88 Å². The summed E-state index contributed by atoms with van der Waals surface area (Å²) in [6, 6.07) is -0.850. The zero-order valence-corrected chi connectivity index (χ0v) is 13.1. The fourth-order valence-corrected chi connectivity index (χ4v) is 2.82. The van der Waals surface area contributed by atoms with Gasteiger partial charge in [0, 0.05) is 13.0 Å². The summed E-state index contributed by atoms with van der Waals surface area (Å²) in [5, 5.41) is 3.08. The number of hydrogen-bond acceptors (Lipinski definition) is 5. The van der Waals surface area contributed by atoms with Crippen molar-refractivity contribution in [3.8, 4) is 5.75 Å². The van der Waals surface area contributed by atoms with Crippen LogP contribution in [0.5, 0.6) is 5.75 Å². The van der Waals surface area contributed by atoms with Gasteiger partial charge in [-0.3, -0.25) is 4.79 Å². The van der Waals surface area contributed by atoms with Crippen molar-refractivity contribution < 1.29 is 22.7 Å². The van der Waals surface area contributed by atoms with Crippen molar-refractivity contribution in [3.63, 3.8) is 0 Å². The molecule has 0 saturated carbocycles. The molecule has 21 heavy (non-hydrogen) atoms. The molecular formula is C13H19F3N2O2S. The standard InChI is InChI=1S/C13H19F3N2O2S/c1-6(2)20-10-9(17)11(8(4)19)21-12(10)18-7(3)5-13(14,15)16/h6-7,18H,5,17H2,1-4H3. The molecule has 1 heterocycles. The number of alkyl halides is 3. The van der Waals surface area contributed by atoms with Gasteiger partial charge in [-0.2, -0.15) is 13.2 Å². The van der Waals surface area contributed by atoms with Gasteiger partial charge in [0.1, 0.15) is 5.00 Å². The summed E-state index contributed by atoms with van der Waals surface area (Å²) in [5.74, 6) is -0.00291. The fourth-order valence-electron chi connectivity index (χ4n) is 1.76. The summed E-state index contributed by atoms with van der Waals surface area (Å²) < 4.78 is 42.7. The molecule has 8 heteroatoms. The Bertz CT molecular complexity index is 512. The van der Waals surface area contributed by atoms with E-state index in [2.05, 4.69) is 5.32 Å². The third-order valence-corrected chi connectivity index (χ3v) is 3.71. The maximum Gasteiger partial charge on any atom is 0.391 e. The van der Waals surface area contributed by atoms with Crippen molar-refractivity contribution in [2.24, 2.45) is 0 Å². The van der Waals surface area contributed by atoms with Gasteiger partial charge in [0.25, 0.3) is 0 Å². The van der Waals surface area contributed by atoms with Gasteiger partial charge in [0.2, 0.25) is 0 Å². The molecule has 0 aliphatic heterocycles. The molecule has 1 unspecified atom stereocenters. The molecule has 0 radical (unpaired) electrons. The quantitative estimate of drug-likeness (QED) is 0.774. The van der Waals surface area contributed by atoms with Crippen molar-refractivity contribution in [1.29, 1.82) is 0 Å². The second-order valence-electron chi connectivity index (χ2n) is 5.09. The number of carbonyl (C=O) groups excluding carboxylic acids is 1. The molecule has 1 aromatic heterocycles. The molecule has 0 aliphatic carbocycles. The number of ketones is 1. The predicted molar refractivity (Wildman–Crippen MR) is 78.3 cm³/mol. The van der Waals surface area contributed by atoms with Crippen LogP contribution in [0.15, 0.2) is 0 Å². The number of anilines is 2. The Labute approximate surface area is 125 Å². The van der Waals surface area contributed by atoms with Gasteiger partial charge in [-0.05, 0) is 20.8 Å². The highest BCUT2D eigenvalue weighted by molar-refractivity contribution is 7.19. The summed E-state index contributed by atoms with van der Waals surface area (Å²) in [6.45, 7) is 6.31. The number of nitrogens with two attached hydrogens (primary N) is 1. The number of nitrogens with one attached hydrogen (secondary N) is 1. The molecule has 0 saturated heterocycles. The van der Waals surface area contributed by atoms with Crippen LogP contribution in [-0.2, 0) is 0 Å². The van der Waals surface area contributed by atoms with Crippen LogP contribution >= 0.6 is 11.3 Å². The second-order valence-corrected chi connectivity index (χ2v) is 6.11. The van der Waals surface area contributed by atoms with E-state index in [4.69, 9.17) is 10.5 Å². The lowest BCUT2D eigenvalue weighted by Crippen LogP contribution is -2.23. The summed E-state index contributed by atoms with van der Waals surface area (Å²) in [6.07, 6.45) is -5.46. The highest BCUT2D eigenvalue weighted by Gasteiger charge is 2.31. The molecule has 1 aromatic rings. The molecule has 1 atom stereocenters. The molecule has 4 nitrogen and oxygen atoms in total. The first-order chi connectivity index (χ1) is 9.51. The molecule has 0 aromatic carbocycles. The summed E-state index contributed by atoms with van der Waals surface area (Å²) >= 11 is 1.01. The smallest absolute Gasteiger partial charge is 0.391 e. The van der Waals surface area contributed by atoms with Crippen LogP contribution in [0.2, 0.25) is 0 Å². The van der Waals surface area contributed by atoms with Gasteiger partial charge in [0.15, 0.2) is 11.5 Å². The van der Waals surface area contributed by atoms with Crippen LogP contribution in [-0.4, -0.2) is 24.1 Å². The largest absolute Gasteiger partial charge is 0.486 e. The van der Waals surface area contributed by atoms with Crippen LogP contribution in [0, 0.1) is 0 Å². The van der Waals surface area contributed by atoms with Crippen molar-refractivity contribution in [1.82, 2.24) is 0 Å². The Kier molecular flexibility index (Phi) is 5.49. The van der Waals surface area contributed by atoms with Crippen molar-refractivity contribution in [2.75, 3.05) is 11.1 Å². The molecule has 0 fully saturated rings. The van der Waals surface area contributed by atoms with Crippen molar-refractivity contribution >= 4 is 27.8 Å². The number of hydrogen-bond donors (Lipinski definition) is 2. The van der Waals surface area contributed by atoms with Crippen LogP contribution < -0.4 is 15.8 Å². The van der Waals surface area contributed by atoms with E-state index in [1.165, 1.54) is 13.8 Å². The topological polar surface area (TPSA) is 64.3 Å². The first-order valence-electron chi connectivity index (χ1n) is 6.44. The average molecular weight is 324 g/mol. The number of halogens is 3. The molecule has 0 spiro atoms. The summed E-state index contributed by atoms with van der Waals surface area (Å²) in [5.41, 5.74) is 6.03. The predicted octanol–water partition coefficient (Wildman–Crippen LogP) is 4.07. The Morgan fingerprint density at radius 2 is 1.95 bits per heavy atom. The van der Waals surface area contributed by atoms with E-state index < -0.39 is 18.6 Å². The number of carbonyl (C=O) groups is 1. The van der Waals surface area contributed by atoms with Crippen molar-refractivity contribution in [2.45, 2.75) is 52.4 Å². The van der Waals surface area contributed by atoms with Crippen LogP contribution in [0.3, 0.4) is 0 Å². The number of nitrogen functional groups attached to an aromatic ring is 1. The van der Waals surface area contributed by atoms with Gasteiger partial charge < -0.3 is 15.8 Å². The van der Waals surface area contributed by atoms with Gasteiger partial charge in [-0.25, -0.2) is 0 Å². The monoisotopic (exact) mass is 324 g/mol. The molecule has 3 N–H and O–H groups in total. The van der Waals surface area contributed by atoms with Gasteiger partial charge in [-0.15, -0.1) is 11.3 Å². The fraction of sp³-hybridized carbons (Fsp3) is 0.615. The highest BCUT2D eigenvalue weighted by atomic mass is 32.1. The normalized spacial score (nSPS) is 13.3. The van der Waals surface area contributed by atoms with Crippen LogP contribution in [0.25, 0.3) is 0 Å². The Hall–Kier alpha value is -1.44. The third-order valence-electron chi connectivity index (χ3n) is 2.49. The minimum absolute atomic E-state index is 0.169. The Balaban J connectivity index is 3.04. The maximum absolute atomic E-state index is 12.4. The third kappa shape index (κ3) is 5.11. The second kappa shape index (κ2) is 6.55. The van der Waals surface area contributed by atoms with E-state index in [1.54, 1.807) is 13.8 Å². The Morgan fingerprint density at radius 1 is 1.38 bits per heavy atom. The SMILES string of the molecule is CC(=O)c1sc(NC(C)CC(F)(F)F)c(OC(C)C)c1N. The first-order valence-corrected chi connectivity index (χ1v) is 7.26. The minimum Gasteiger partial charge on any atom is -0.486 e. The van der Waals surface area contributed by atoms with Gasteiger partial charge >= 0.3 is 6.18 Å². The zero-order valence-electron chi connectivity index (χ0n) is 12.3. The van der Waals surface area contributed by atoms with E-state index in [9.17, 15) is 18.0 Å². The average Bonchev–Trinajstić information content (AvgIpc) is 2.54. The number of ether oxygens (including phenoxy) is 1. The van der Waals surface area contributed by atoms with Crippen LogP contribution in [0.4, 0.5) is 23.9 Å².